The van der Waals surface area contributed by atoms with E-state index in [1.807, 2.05) is 18.2 Å². The Balaban J connectivity index is 1.30. The van der Waals surface area contributed by atoms with E-state index in [1.54, 1.807) is 6.08 Å². The zero-order chi connectivity index (χ0) is 29.9. The standard InChI is InChI=1S/C40H38N4/c1-3-4-18-37-29(2)44(39(42-37)31-15-9-7-10-16-31)33-23-20-30(21-24-33)32-22-25-35-36(28-32)34-17-11-8-12-19-38(34)43-27-14-6-5-13-26-41-40(35)43/h3-4,7,9-12,15-25,28H,1,5-6,8,13-14,26-27H2,2H3/b18-4-,41-40-. The molecule has 1 aromatic heterocycles. The summed E-state index contributed by atoms with van der Waals surface area (Å²) >= 11 is 0. The van der Waals surface area contributed by atoms with E-state index in [1.165, 1.54) is 52.8 Å². The molecule has 0 saturated heterocycles. The molecule has 7 rings (SSSR count). The molecule has 3 aliphatic rings. The lowest BCUT2D eigenvalue weighted by molar-refractivity contribution is 0.494. The van der Waals surface area contributed by atoms with Gasteiger partial charge in [-0.05, 0) is 73.2 Å². The van der Waals surface area contributed by atoms with Crippen LogP contribution >= 0.6 is 0 Å². The molecule has 3 aromatic carbocycles. The molecule has 3 heterocycles. The highest BCUT2D eigenvalue weighted by Crippen LogP contribution is 2.38. The van der Waals surface area contributed by atoms with Crippen molar-refractivity contribution in [1.29, 1.82) is 0 Å². The minimum Gasteiger partial charge on any atom is -0.326 e. The minimum absolute atomic E-state index is 0.889. The van der Waals surface area contributed by atoms with Gasteiger partial charge < -0.3 is 4.90 Å². The molecular formula is C40H38N4. The summed E-state index contributed by atoms with van der Waals surface area (Å²) in [5.74, 6) is 2.06. The second-order valence-corrected chi connectivity index (χ2v) is 11.6. The van der Waals surface area contributed by atoms with Crippen LogP contribution in [-0.4, -0.2) is 33.4 Å². The molecule has 218 valence electrons. The van der Waals surface area contributed by atoms with E-state index in [2.05, 4.69) is 114 Å². The Morgan fingerprint density at radius 2 is 1.59 bits per heavy atom. The van der Waals surface area contributed by atoms with Crippen LogP contribution in [0.1, 0.15) is 54.6 Å². The highest BCUT2D eigenvalue weighted by molar-refractivity contribution is 6.09. The van der Waals surface area contributed by atoms with Crippen molar-refractivity contribution in [1.82, 2.24) is 14.5 Å². The summed E-state index contributed by atoms with van der Waals surface area (Å²) in [6.45, 7) is 7.87. The average molecular weight is 575 g/mol. The number of imidazole rings is 1. The van der Waals surface area contributed by atoms with Crippen molar-refractivity contribution in [2.24, 2.45) is 4.99 Å². The second kappa shape index (κ2) is 12.3. The zero-order valence-electron chi connectivity index (χ0n) is 25.4. The fourth-order valence-corrected chi connectivity index (χ4v) is 6.54. The molecule has 0 spiro atoms. The van der Waals surface area contributed by atoms with Crippen LogP contribution < -0.4 is 0 Å². The monoisotopic (exact) mass is 574 g/mol. The van der Waals surface area contributed by atoms with E-state index in [0.717, 1.165) is 60.2 Å². The number of rotatable bonds is 5. The number of allylic oxidation sites excluding steroid dienone is 7. The van der Waals surface area contributed by atoms with E-state index < -0.39 is 0 Å². The average Bonchev–Trinajstić information content (AvgIpc) is 3.28. The smallest absolute Gasteiger partial charge is 0.145 e. The molecule has 4 heteroatoms. The molecule has 4 aromatic rings. The van der Waals surface area contributed by atoms with Gasteiger partial charge in [0.1, 0.15) is 11.7 Å². The predicted molar refractivity (Wildman–Crippen MR) is 185 cm³/mol. The molecule has 0 radical (unpaired) electrons. The summed E-state index contributed by atoms with van der Waals surface area (Å²) in [7, 11) is 0. The molecule has 0 N–H and O–H groups in total. The predicted octanol–water partition coefficient (Wildman–Crippen LogP) is 9.58. The Morgan fingerprint density at radius 3 is 2.43 bits per heavy atom. The molecule has 0 bridgehead atoms. The molecule has 0 unspecified atom stereocenters. The Labute approximate surface area is 260 Å². The number of amidine groups is 1. The topological polar surface area (TPSA) is 33.4 Å². The van der Waals surface area contributed by atoms with Crippen LogP contribution in [0.4, 0.5) is 0 Å². The van der Waals surface area contributed by atoms with Gasteiger partial charge in [0, 0.05) is 46.9 Å². The quantitative estimate of drug-likeness (QED) is 0.222. The van der Waals surface area contributed by atoms with Gasteiger partial charge in [-0.2, -0.15) is 0 Å². The number of nitrogens with zero attached hydrogens (tertiary/aromatic N) is 4. The number of aromatic nitrogens is 2. The fraction of sp³-hybridized carbons (Fsp3) is 0.200. The minimum atomic E-state index is 0.889. The Hall–Kier alpha value is -4.96. The third kappa shape index (κ3) is 5.22. The number of hydrogen-bond donors (Lipinski definition) is 0. The number of benzene rings is 3. The van der Waals surface area contributed by atoms with Crippen molar-refractivity contribution in [3.05, 3.63) is 144 Å². The largest absolute Gasteiger partial charge is 0.326 e. The normalized spacial score (nSPS) is 17.6. The second-order valence-electron chi connectivity index (χ2n) is 11.6. The van der Waals surface area contributed by atoms with Gasteiger partial charge in [-0.25, -0.2) is 4.98 Å². The van der Waals surface area contributed by atoms with Crippen LogP contribution in [0.25, 0.3) is 39.9 Å². The number of aliphatic imine (C=N–C) groups is 1. The number of fused-ring (bicyclic) bond motifs is 5. The molecule has 0 saturated carbocycles. The van der Waals surface area contributed by atoms with Gasteiger partial charge in [0.05, 0.1) is 5.69 Å². The highest BCUT2D eigenvalue weighted by Gasteiger charge is 2.29. The first kappa shape index (κ1) is 27.8. The Kier molecular flexibility index (Phi) is 7.81. The molecule has 0 amide bonds. The Bertz CT molecular complexity index is 1850. The lowest BCUT2D eigenvalue weighted by Gasteiger charge is -2.34. The lowest BCUT2D eigenvalue weighted by Crippen LogP contribution is -2.35. The van der Waals surface area contributed by atoms with Crippen molar-refractivity contribution in [3.8, 4) is 28.2 Å². The summed E-state index contributed by atoms with van der Waals surface area (Å²) in [5.41, 5.74) is 11.7. The fourth-order valence-electron chi connectivity index (χ4n) is 6.54. The zero-order valence-corrected chi connectivity index (χ0v) is 25.4. The maximum Gasteiger partial charge on any atom is 0.145 e. The van der Waals surface area contributed by atoms with Gasteiger partial charge >= 0.3 is 0 Å². The highest BCUT2D eigenvalue weighted by atomic mass is 15.2. The summed E-state index contributed by atoms with van der Waals surface area (Å²) < 4.78 is 2.25. The summed E-state index contributed by atoms with van der Waals surface area (Å²) in [6.07, 6.45) is 20.8. The van der Waals surface area contributed by atoms with Gasteiger partial charge in [-0.1, -0.05) is 104 Å². The molecule has 4 nitrogen and oxygen atoms in total. The van der Waals surface area contributed by atoms with Crippen molar-refractivity contribution < 1.29 is 0 Å². The van der Waals surface area contributed by atoms with Gasteiger partial charge in [0.25, 0.3) is 0 Å². The molecule has 44 heavy (non-hydrogen) atoms. The first-order valence-corrected chi connectivity index (χ1v) is 15.8. The molecule has 0 fully saturated rings. The molecule has 1 aliphatic carbocycles. The van der Waals surface area contributed by atoms with Crippen LogP contribution in [0.15, 0.2) is 127 Å². The number of hydrogen-bond acceptors (Lipinski definition) is 3. The van der Waals surface area contributed by atoms with Crippen molar-refractivity contribution in [2.45, 2.75) is 39.0 Å². The van der Waals surface area contributed by atoms with E-state index in [9.17, 15) is 0 Å². The van der Waals surface area contributed by atoms with Crippen LogP contribution in [0.3, 0.4) is 0 Å². The van der Waals surface area contributed by atoms with Crippen LogP contribution in [0, 0.1) is 6.92 Å². The van der Waals surface area contributed by atoms with Crippen molar-refractivity contribution >= 4 is 17.5 Å². The summed E-state index contributed by atoms with van der Waals surface area (Å²) in [5, 5.41) is 0. The first-order valence-electron chi connectivity index (χ1n) is 15.8. The first-order chi connectivity index (χ1) is 21.7. The van der Waals surface area contributed by atoms with Crippen molar-refractivity contribution in [3.63, 3.8) is 0 Å². The molecule has 2 aliphatic heterocycles. The van der Waals surface area contributed by atoms with Gasteiger partial charge in [-0.15, -0.1) is 0 Å². The Morgan fingerprint density at radius 1 is 0.795 bits per heavy atom. The maximum atomic E-state index is 5.17. The van der Waals surface area contributed by atoms with Crippen LogP contribution in [0.2, 0.25) is 0 Å². The van der Waals surface area contributed by atoms with Gasteiger partial charge in [0.2, 0.25) is 0 Å². The van der Waals surface area contributed by atoms with Gasteiger partial charge in [0.15, 0.2) is 0 Å². The van der Waals surface area contributed by atoms with E-state index in [0.29, 0.717) is 0 Å². The third-order valence-corrected chi connectivity index (χ3v) is 8.78. The van der Waals surface area contributed by atoms with Crippen LogP contribution in [-0.2, 0) is 0 Å². The SMILES string of the molecule is C=C/C=C\c1nc(-c2ccccc2)n(-c2ccc(-c3ccc4c(c3)C3=C(C=CCC=C3)N3CCCCCC/N=C/43)cc2)c1C. The lowest BCUT2D eigenvalue weighted by atomic mass is 9.89. The van der Waals surface area contributed by atoms with E-state index >= 15 is 0 Å². The third-order valence-electron chi connectivity index (χ3n) is 8.78. The van der Waals surface area contributed by atoms with E-state index in [4.69, 9.17) is 9.98 Å². The molecular weight excluding hydrogens is 536 g/mol. The summed E-state index contributed by atoms with van der Waals surface area (Å²) in [4.78, 5) is 12.7. The van der Waals surface area contributed by atoms with Crippen molar-refractivity contribution in [2.75, 3.05) is 13.1 Å². The van der Waals surface area contributed by atoms with E-state index in [-0.39, 0.29) is 0 Å². The van der Waals surface area contributed by atoms with Crippen LogP contribution in [0.5, 0.6) is 0 Å². The molecule has 0 atom stereocenters. The summed E-state index contributed by atoms with van der Waals surface area (Å²) in [6, 6.07) is 26.2. The van der Waals surface area contributed by atoms with Gasteiger partial charge in [-0.3, -0.25) is 9.56 Å². The maximum absolute atomic E-state index is 5.17.